The normalized spacial score (nSPS) is 10.9. The molecule has 0 unspecified atom stereocenters. The zero-order chi connectivity index (χ0) is 21.1. The van der Waals surface area contributed by atoms with Crippen LogP contribution in [0, 0.1) is 12.7 Å². The van der Waals surface area contributed by atoms with Crippen molar-refractivity contribution in [2.75, 3.05) is 18.5 Å². The molecule has 0 saturated heterocycles. The molecule has 3 N–H and O–H groups in total. The van der Waals surface area contributed by atoms with Crippen molar-refractivity contribution in [3.63, 3.8) is 0 Å². The van der Waals surface area contributed by atoms with Gasteiger partial charge in [-0.2, -0.15) is 5.10 Å². The van der Waals surface area contributed by atoms with Crippen molar-refractivity contribution >= 4 is 17.5 Å². The molecule has 0 fully saturated rings. The summed E-state index contributed by atoms with van der Waals surface area (Å²) in [6.07, 6.45) is 3.22. The molecule has 4 rings (SSSR count). The van der Waals surface area contributed by atoms with E-state index in [4.69, 9.17) is 10.1 Å². The maximum atomic E-state index is 13.8. The van der Waals surface area contributed by atoms with Gasteiger partial charge in [0.2, 0.25) is 0 Å². The van der Waals surface area contributed by atoms with Crippen molar-refractivity contribution in [1.82, 2.24) is 24.9 Å². The topological polar surface area (TPSA) is 104 Å². The molecule has 0 atom stereocenters. The molecule has 8 nitrogen and oxygen atoms in total. The van der Waals surface area contributed by atoms with Crippen LogP contribution in [-0.2, 0) is 0 Å². The van der Waals surface area contributed by atoms with Crippen LogP contribution in [0.1, 0.15) is 5.56 Å². The predicted molar refractivity (Wildman–Crippen MR) is 110 cm³/mol. The molecule has 3 heterocycles. The third-order valence-corrected chi connectivity index (χ3v) is 4.50. The van der Waals surface area contributed by atoms with Gasteiger partial charge in [-0.15, -0.1) is 0 Å². The number of benzene rings is 1. The Bertz CT molecular complexity index is 1220. The number of anilines is 1. The monoisotopic (exact) mass is 406 g/mol. The minimum absolute atomic E-state index is 0.136. The minimum Gasteiger partial charge on any atom is -0.395 e. The number of hydrogen-bond donors (Lipinski definition) is 3. The molecular weight excluding hydrogens is 387 g/mol. The van der Waals surface area contributed by atoms with Gasteiger partial charge in [-0.3, -0.25) is 5.32 Å². The summed E-state index contributed by atoms with van der Waals surface area (Å²) in [4.78, 5) is 20.8. The van der Waals surface area contributed by atoms with Crippen LogP contribution in [0.3, 0.4) is 0 Å². The summed E-state index contributed by atoms with van der Waals surface area (Å²) in [5.41, 5.74) is 3.96. The molecule has 30 heavy (non-hydrogen) atoms. The summed E-state index contributed by atoms with van der Waals surface area (Å²) in [5.74, 6) is 0.0431. The van der Waals surface area contributed by atoms with Gasteiger partial charge >= 0.3 is 6.03 Å². The lowest BCUT2D eigenvalue weighted by molar-refractivity contribution is 0.244. The number of amides is 2. The second-order valence-electron chi connectivity index (χ2n) is 6.60. The standard InChI is InChI=1S/C21H19FN6O2/c1-13-11-14(4-5-16(13)22)19-20(28-18(27-19)3-2-7-25-28)15-6-8-23-17(12-15)26-21(30)24-9-10-29/h2-8,11-12,29H,9-10H2,1H3,(H2,23,24,26,30). The first-order chi connectivity index (χ1) is 14.6. The highest BCUT2D eigenvalue weighted by atomic mass is 19.1. The Hall–Kier alpha value is -3.85. The number of hydrogen-bond acceptors (Lipinski definition) is 5. The number of nitrogens with zero attached hydrogens (tertiary/aromatic N) is 4. The molecule has 0 spiro atoms. The van der Waals surface area contributed by atoms with Crippen LogP contribution in [-0.4, -0.2) is 43.9 Å². The molecule has 0 saturated carbocycles. The van der Waals surface area contributed by atoms with Gasteiger partial charge in [-0.25, -0.2) is 23.7 Å². The highest BCUT2D eigenvalue weighted by molar-refractivity contribution is 5.89. The number of aliphatic hydroxyl groups is 1. The third kappa shape index (κ3) is 3.83. The van der Waals surface area contributed by atoms with Crippen molar-refractivity contribution < 1.29 is 14.3 Å². The number of aryl methyl sites for hydroxylation is 1. The number of imidazole rings is 1. The molecule has 1 aromatic carbocycles. The fourth-order valence-electron chi connectivity index (χ4n) is 3.12. The van der Waals surface area contributed by atoms with E-state index in [1.165, 1.54) is 6.07 Å². The summed E-state index contributed by atoms with van der Waals surface area (Å²) in [6, 6.07) is 11.5. The van der Waals surface area contributed by atoms with E-state index in [0.717, 1.165) is 11.1 Å². The molecular formula is C21H19FN6O2. The van der Waals surface area contributed by atoms with Crippen LogP contribution in [0.25, 0.3) is 28.2 Å². The zero-order valence-electron chi connectivity index (χ0n) is 16.1. The maximum absolute atomic E-state index is 13.8. The molecule has 0 bridgehead atoms. The Kier molecular flexibility index (Phi) is 5.36. The summed E-state index contributed by atoms with van der Waals surface area (Å²) in [6.45, 7) is 1.68. The van der Waals surface area contributed by atoms with Crippen molar-refractivity contribution in [2.45, 2.75) is 6.92 Å². The summed E-state index contributed by atoms with van der Waals surface area (Å²) >= 11 is 0. The smallest absolute Gasteiger partial charge is 0.320 e. The SMILES string of the molecule is Cc1cc(-c2nc3cccnn3c2-c2ccnc(NC(=O)NCCO)c2)ccc1F. The van der Waals surface area contributed by atoms with Gasteiger partial charge in [0.05, 0.1) is 12.3 Å². The van der Waals surface area contributed by atoms with E-state index in [2.05, 4.69) is 20.7 Å². The number of halogens is 1. The van der Waals surface area contributed by atoms with Crippen molar-refractivity contribution in [1.29, 1.82) is 0 Å². The second kappa shape index (κ2) is 8.26. The van der Waals surface area contributed by atoms with E-state index < -0.39 is 6.03 Å². The Morgan fingerprint density at radius 1 is 1.17 bits per heavy atom. The highest BCUT2D eigenvalue weighted by Crippen LogP contribution is 2.33. The average Bonchev–Trinajstić information content (AvgIpc) is 3.14. The highest BCUT2D eigenvalue weighted by Gasteiger charge is 2.18. The van der Waals surface area contributed by atoms with Gasteiger partial charge in [-0.05, 0) is 55.0 Å². The van der Waals surface area contributed by atoms with Gasteiger partial charge in [-0.1, -0.05) is 0 Å². The first-order valence-corrected chi connectivity index (χ1v) is 9.29. The van der Waals surface area contributed by atoms with E-state index in [9.17, 15) is 9.18 Å². The lowest BCUT2D eigenvalue weighted by Gasteiger charge is -2.09. The zero-order valence-corrected chi connectivity index (χ0v) is 16.1. The van der Waals surface area contributed by atoms with Crippen LogP contribution >= 0.6 is 0 Å². The number of fused-ring (bicyclic) bond motifs is 1. The fourth-order valence-corrected chi connectivity index (χ4v) is 3.12. The molecule has 3 aromatic heterocycles. The summed E-state index contributed by atoms with van der Waals surface area (Å²) < 4.78 is 15.5. The number of pyridine rings is 1. The van der Waals surface area contributed by atoms with Gasteiger partial charge in [0.15, 0.2) is 5.65 Å². The molecule has 4 aromatic rings. The third-order valence-electron chi connectivity index (χ3n) is 4.50. The van der Waals surface area contributed by atoms with Crippen LogP contribution < -0.4 is 10.6 Å². The van der Waals surface area contributed by atoms with Gasteiger partial charge < -0.3 is 10.4 Å². The van der Waals surface area contributed by atoms with Crippen LogP contribution in [0.2, 0.25) is 0 Å². The van der Waals surface area contributed by atoms with Crippen molar-refractivity contribution in [3.8, 4) is 22.5 Å². The molecule has 0 aliphatic rings. The van der Waals surface area contributed by atoms with Crippen molar-refractivity contribution in [2.24, 2.45) is 0 Å². The summed E-state index contributed by atoms with van der Waals surface area (Å²) in [5, 5.41) is 18.4. The largest absolute Gasteiger partial charge is 0.395 e. The second-order valence-corrected chi connectivity index (χ2v) is 6.60. The van der Waals surface area contributed by atoms with Gasteiger partial charge in [0.25, 0.3) is 0 Å². The van der Waals surface area contributed by atoms with Crippen LogP contribution in [0.15, 0.2) is 54.9 Å². The number of carbonyl (C=O) groups excluding carboxylic acids is 1. The molecule has 9 heteroatoms. The number of rotatable bonds is 5. The fraction of sp³-hybridized carbons (Fsp3) is 0.143. The van der Waals surface area contributed by atoms with E-state index in [1.807, 2.05) is 6.07 Å². The Morgan fingerprint density at radius 3 is 2.83 bits per heavy atom. The van der Waals surface area contributed by atoms with E-state index in [-0.39, 0.29) is 19.0 Å². The number of carbonyl (C=O) groups is 1. The Labute approximate surface area is 171 Å². The first kappa shape index (κ1) is 19.5. The van der Waals surface area contributed by atoms with Gasteiger partial charge in [0.1, 0.15) is 17.3 Å². The maximum Gasteiger partial charge on any atom is 0.320 e. The lowest BCUT2D eigenvalue weighted by atomic mass is 10.0. The average molecular weight is 406 g/mol. The van der Waals surface area contributed by atoms with E-state index >= 15 is 0 Å². The van der Waals surface area contributed by atoms with Crippen LogP contribution in [0.5, 0.6) is 0 Å². The molecule has 2 amide bonds. The molecule has 0 aliphatic heterocycles. The van der Waals surface area contributed by atoms with E-state index in [1.54, 1.807) is 54.2 Å². The number of aliphatic hydroxyl groups excluding tert-OH is 1. The number of urea groups is 1. The Balaban J connectivity index is 1.81. The predicted octanol–water partition coefficient (Wildman–Crippen LogP) is 3.02. The number of aromatic nitrogens is 4. The number of nitrogens with one attached hydrogen (secondary N) is 2. The Morgan fingerprint density at radius 2 is 2.03 bits per heavy atom. The quantitative estimate of drug-likeness (QED) is 0.473. The minimum atomic E-state index is -0.473. The van der Waals surface area contributed by atoms with E-state index in [0.29, 0.717) is 28.4 Å². The van der Waals surface area contributed by atoms with Crippen LogP contribution in [0.4, 0.5) is 15.0 Å². The molecule has 0 aliphatic carbocycles. The first-order valence-electron chi connectivity index (χ1n) is 9.29. The lowest BCUT2D eigenvalue weighted by Crippen LogP contribution is -2.31. The van der Waals surface area contributed by atoms with Gasteiger partial charge in [0, 0.05) is 30.1 Å². The molecule has 0 radical (unpaired) electrons. The van der Waals surface area contributed by atoms with Crippen molar-refractivity contribution in [3.05, 3.63) is 66.2 Å². The summed E-state index contributed by atoms with van der Waals surface area (Å²) in [7, 11) is 0. The molecule has 152 valence electrons.